The molecule has 1 unspecified atom stereocenters. The number of H-pyrrole nitrogens is 1. The van der Waals surface area contributed by atoms with Crippen LogP contribution in [0.5, 0.6) is 0 Å². The van der Waals surface area contributed by atoms with Gasteiger partial charge in [-0.2, -0.15) is 0 Å². The number of amides is 2. The molecule has 20 heavy (non-hydrogen) atoms. The number of aliphatic carboxylic acids is 1. The molecule has 1 aromatic rings. The Balaban J connectivity index is 1.72. The van der Waals surface area contributed by atoms with E-state index in [0.717, 1.165) is 18.7 Å². The molecular weight excluding hydrogens is 260 g/mol. The Hall–Kier alpha value is -2.05. The normalized spacial score (nSPS) is 18.8. The van der Waals surface area contributed by atoms with Gasteiger partial charge in [0.05, 0.1) is 0 Å². The number of carbonyl (C=O) groups is 2. The summed E-state index contributed by atoms with van der Waals surface area (Å²) in [5.41, 5.74) is 0. The summed E-state index contributed by atoms with van der Waals surface area (Å²) in [7, 11) is 0. The van der Waals surface area contributed by atoms with Gasteiger partial charge in [0, 0.05) is 44.9 Å². The summed E-state index contributed by atoms with van der Waals surface area (Å²) >= 11 is 0. The maximum absolute atomic E-state index is 12.0. The molecule has 1 saturated heterocycles. The van der Waals surface area contributed by atoms with E-state index >= 15 is 0 Å². The molecule has 7 heteroatoms. The highest BCUT2D eigenvalue weighted by atomic mass is 16.4. The summed E-state index contributed by atoms with van der Waals surface area (Å²) in [5, 5.41) is 11.7. The number of imidazole rings is 1. The van der Waals surface area contributed by atoms with E-state index in [1.165, 1.54) is 0 Å². The zero-order chi connectivity index (χ0) is 14.4. The van der Waals surface area contributed by atoms with Crippen molar-refractivity contribution in [1.29, 1.82) is 0 Å². The Morgan fingerprint density at radius 2 is 2.40 bits per heavy atom. The molecule has 0 radical (unpaired) electrons. The van der Waals surface area contributed by atoms with Gasteiger partial charge < -0.3 is 20.3 Å². The molecule has 1 atom stereocenters. The zero-order valence-corrected chi connectivity index (χ0v) is 11.3. The molecule has 3 N–H and O–H groups in total. The number of carboxylic acids is 1. The lowest BCUT2D eigenvalue weighted by Gasteiger charge is -2.32. The largest absolute Gasteiger partial charge is 0.481 e. The second kappa shape index (κ2) is 6.93. The number of urea groups is 1. The molecule has 0 aromatic carbocycles. The molecular formula is C13H20N4O3. The van der Waals surface area contributed by atoms with Crippen LogP contribution in [-0.4, -0.2) is 51.6 Å². The Bertz CT molecular complexity index is 446. The van der Waals surface area contributed by atoms with Gasteiger partial charge in [0.1, 0.15) is 5.82 Å². The Morgan fingerprint density at radius 1 is 1.55 bits per heavy atom. The minimum absolute atomic E-state index is 0.0667. The molecule has 2 amide bonds. The van der Waals surface area contributed by atoms with Crippen LogP contribution in [-0.2, 0) is 11.2 Å². The number of carbonyl (C=O) groups excluding carboxylic acids is 1. The van der Waals surface area contributed by atoms with Gasteiger partial charge in [0.25, 0.3) is 0 Å². The number of likely N-dealkylation sites (tertiary alicyclic amines) is 1. The minimum atomic E-state index is -0.796. The maximum atomic E-state index is 12.0. The monoisotopic (exact) mass is 280 g/mol. The quantitative estimate of drug-likeness (QED) is 0.744. The summed E-state index contributed by atoms with van der Waals surface area (Å²) in [6.45, 7) is 1.74. The SMILES string of the molecule is O=C(O)CC1CCCN(C(=O)NCCc2ncc[nH]2)C1. The van der Waals surface area contributed by atoms with Crippen LogP contribution in [0.2, 0.25) is 0 Å². The first-order valence-electron chi connectivity index (χ1n) is 6.88. The van der Waals surface area contributed by atoms with Gasteiger partial charge in [-0.25, -0.2) is 9.78 Å². The number of nitrogens with one attached hydrogen (secondary N) is 2. The highest BCUT2D eigenvalue weighted by Crippen LogP contribution is 2.19. The fourth-order valence-electron chi connectivity index (χ4n) is 2.50. The van der Waals surface area contributed by atoms with Gasteiger partial charge in [-0.3, -0.25) is 4.79 Å². The highest BCUT2D eigenvalue weighted by Gasteiger charge is 2.24. The summed E-state index contributed by atoms with van der Waals surface area (Å²) in [4.78, 5) is 31.5. The Kier molecular flexibility index (Phi) is 4.97. The second-order valence-corrected chi connectivity index (χ2v) is 5.07. The molecule has 0 saturated carbocycles. The summed E-state index contributed by atoms with van der Waals surface area (Å²) in [5.74, 6) is 0.111. The minimum Gasteiger partial charge on any atom is -0.481 e. The van der Waals surface area contributed by atoms with E-state index in [1.807, 2.05) is 0 Å². The van der Waals surface area contributed by atoms with Gasteiger partial charge in [-0.1, -0.05) is 0 Å². The first-order valence-corrected chi connectivity index (χ1v) is 6.88. The standard InChI is InChI=1S/C13H20N4O3/c18-12(19)8-10-2-1-7-17(9-10)13(20)16-4-3-11-14-5-6-15-11/h5-6,10H,1-4,7-9H2,(H,14,15)(H,16,20)(H,18,19). The molecule has 0 spiro atoms. The summed E-state index contributed by atoms with van der Waals surface area (Å²) < 4.78 is 0. The number of piperidine rings is 1. The number of hydrogen-bond donors (Lipinski definition) is 3. The van der Waals surface area contributed by atoms with Crippen molar-refractivity contribution in [3.05, 3.63) is 18.2 Å². The summed E-state index contributed by atoms with van der Waals surface area (Å²) in [6, 6.07) is -0.119. The van der Waals surface area contributed by atoms with Gasteiger partial charge in [-0.05, 0) is 18.8 Å². The zero-order valence-electron chi connectivity index (χ0n) is 11.3. The number of nitrogens with zero attached hydrogens (tertiary/aromatic N) is 2. The summed E-state index contributed by atoms with van der Waals surface area (Å²) in [6.07, 6.45) is 5.96. The van der Waals surface area contributed by atoms with E-state index in [2.05, 4.69) is 15.3 Å². The lowest BCUT2D eigenvalue weighted by Crippen LogP contribution is -2.46. The fourth-order valence-corrected chi connectivity index (χ4v) is 2.50. The van der Waals surface area contributed by atoms with Gasteiger partial charge in [-0.15, -0.1) is 0 Å². The van der Waals surface area contributed by atoms with Gasteiger partial charge >= 0.3 is 12.0 Å². The van der Waals surface area contributed by atoms with Crippen LogP contribution in [0, 0.1) is 5.92 Å². The van der Waals surface area contributed by atoms with E-state index < -0.39 is 5.97 Å². The molecule has 0 bridgehead atoms. The third-order valence-electron chi connectivity index (χ3n) is 3.46. The molecule has 2 rings (SSSR count). The van der Waals surface area contributed by atoms with Crippen LogP contribution in [0.3, 0.4) is 0 Å². The third kappa shape index (κ3) is 4.25. The Morgan fingerprint density at radius 3 is 3.10 bits per heavy atom. The fraction of sp³-hybridized carbons (Fsp3) is 0.615. The van der Waals surface area contributed by atoms with Crippen LogP contribution in [0.25, 0.3) is 0 Å². The van der Waals surface area contributed by atoms with Crippen molar-refractivity contribution in [2.45, 2.75) is 25.7 Å². The van der Waals surface area contributed by atoms with E-state index in [0.29, 0.717) is 26.1 Å². The van der Waals surface area contributed by atoms with Crippen molar-refractivity contribution in [3.63, 3.8) is 0 Å². The predicted octanol–water partition coefficient (Wildman–Crippen LogP) is 0.848. The molecule has 2 heterocycles. The molecule has 110 valence electrons. The second-order valence-electron chi connectivity index (χ2n) is 5.07. The van der Waals surface area contributed by atoms with Crippen molar-refractivity contribution < 1.29 is 14.7 Å². The maximum Gasteiger partial charge on any atom is 0.317 e. The topological polar surface area (TPSA) is 98.3 Å². The predicted molar refractivity (Wildman–Crippen MR) is 72.2 cm³/mol. The molecule has 1 aliphatic rings. The first kappa shape index (κ1) is 14.4. The van der Waals surface area contributed by atoms with Crippen LogP contribution in [0.1, 0.15) is 25.1 Å². The van der Waals surface area contributed by atoms with Crippen LogP contribution < -0.4 is 5.32 Å². The highest BCUT2D eigenvalue weighted by molar-refractivity contribution is 5.74. The number of aromatic amines is 1. The van der Waals surface area contributed by atoms with Crippen LogP contribution in [0.4, 0.5) is 4.79 Å². The molecule has 1 fully saturated rings. The van der Waals surface area contributed by atoms with Crippen LogP contribution in [0.15, 0.2) is 12.4 Å². The Labute approximate surface area is 117 Å². The van der Waals surface area contributed by atoms with E-state index in [1.54, 1.807) is 17.3 Å². The van der Waals surface area contributed by atoms with E-state index in [-0.39, 0.29) is 18.4 Å². The molecule has 0 aliphatic carbocycles. The average molecular weight is 280 g/mol. The lowest BCUT2D eigenvalue weighted by molar-refractivity contribution is -0.138. The number of carboxylic acid groups (broad SMARTS) is 1. The van der Waals surface area contributed by atoms with Gasteiger partial charge in [0.2, 0.25) is 0 Å². The first-order chi connectivity index (χ1) is 9.65. The molecule has 1 aromatic heterocycles. The molecule has 7 nitrogen and oxygen atoms in total. The number of rotatable bonds is 5. The van der Waals surface area contributed by atoms with Crippen molar-refractivity contribution >= 4 is 12.0 Å². The smallest absolute Gasteiger partial charge is 0.317 e. The molecule has 1 aliphatic heterocycles. The lowest BCUT2D eigenvalue weighted by atomic mass is 9.95. The van der Waals surface area contributed by atoms with E-state index in [9.17, 15) is 9.59 Å². The number of hydrogen-bond acceptors (Lipinski definition) is 3. The van der Waals surface area contributed by atoms with Crippen LogP contribution >= 0.6 is 0 Å². The van der Waals surface area contributed by atoms with Crippen molar-refractivity contribution in [1.82, 2.24) is 20.2 Å². The average Bonchev–Trinajstić information content (AvgIpc) is 2.91. The third-order valence-corrected chi connectivity index (χ3v) is 3.46. The van der Waals surface area contributed by atoms with Gasteiger partial charge in [0.15, 0.2) is 0 Å². The van der Waals surface area contributed by atoms with Crippen molar-refractivity contribution in [2.24, 2.45) is 5.92 Å². The van der Waals surface area contributed by atoms with Crippen molar-refractivity contribution in [3.8, 4) is 0 Å². The number of aromatic nitrogens is 2. The van der Waals surface area contributed by atoms with Crippen molar-refractivity contribution in [2.75, 3.05) is 19.6 Å². The van der Waals surface area contributed by atoms with E-state index in [4.69, 9.17) is 5.11 Å².